The van der Waals surface area contributed by atoms with Crippen LogP contribution in [0.1, 0.15) is 23.8 Å². The maximum Gasteiger partial charge on any atom is 0.232 e. The standard InChI is InChI=1S/C19H16ClN3O2/c1-12-5-7-16(8-6-12)23-11-14(10-17(23)24)19-21-18(22-25-19)13-3-2-4-15(20)9-13/h2-9,14H,10-11H2,1H3/t14-/m0/s1. The normalized spacial score (nSPS) is 17.3. The zero-order chi connectivity index (χ0) is 17.4. The van der Waals surface area contributed by atoms with Gasteiger partial charge in [-0.3, -0.25) is 4.79 Å². The van der Waals surface area contributed by atoms with E-state index in [4.69, 9.17) is 16.1 Å². The molecule has 1 atom stereocenters. The predicted octanol–water partition coefficient (Wildman–Crippen LogP) is 4.22. The van der Waals surface area contributed by atoms with Gasteiger partial charge in [-0.2, -0.15) is 4.98 Å². The Kier molecular flexibility index (Phi) is 4.01. The molecule has 4 rings (SSSR count). The van der Waals surface area contributed by atoms with E-state index in [0.29, 0.717) is 29.7 Å². The number of carbonyl (C=O) groups is 1. The lowest BCUT2D eigenvalue weighted by molar-refractivity contribution is -0.117. The lowest BCUT2D eigenvalue weighted by Crippen LogP contribution is -2.24. The first-order chi connectivity index (χ1) is 12.1. The van der Waals surface area contributed by atoms with Gasteiger partial charge in [-0.1, -0.05) is 46.6 Å². The Balaban J connectivity index is 1.55. The van der Waals surface area contributed by atoms with Crippen molar-refractivity contribution >= 4 is 23.2 Å². The summed E-state index contributed by atoms with van der Waals surface area (Å²) in [6.07, 6.45) is 0.366. The molecule has 3 aromatic rings. The number of amides is 1. The Morgan fingerprint density at radius 1 is 1.20 bits per heavy atom. The maximum atomic E-state index is 12.4. The third-order valence-corrected chi connectivity index (χ3v) is 4.58. The van der Waals surface area contributed by atoms with Gasteiger partial charge >= 0.3 is 0 Å². The molecule has 1 amide bonds. The van der Waals surface area contributed by atoms with Gasteiger partial charge in [-0.25, -0.2) is 0 Å². The largest absolute Gasteiger partial charge is 0.339 e. The van der Waals surface area contributed by atoms with E-state index in [-0.39, 0.29) is 11.8 Å². The van der Waals surface area contributed by atoms with Crippen LogP contribution in [0.5, 0.6) is 0 Å². The fourth-order valence-electron chi connectivity index (χ4n) is 2.99. The van der Waals surface area contributed by atoms with E-state index in [9.17, 15) is 4.79 Å². The molecule has 1 saturated heterocycles. The van der Waals surface area contributed by atoms with Gasteiger partial charge in [-0.05, 0) is 31.2 Å². The minimum absolute atomic E-state index is 0.0661. The van der Waals surface area contributed by atoms with Gasteiger partial charge in [0.05, 0.1) is 5.92 Å². The van der Waals surface area contributed by atoms with Crippen LogP contribution in [0.4, 0.5) is 5.69 Å². The van der Waals surface area contributed by atoms with Crippen LogP contribution in [0.25, 0.3) is 11.4 Å². The van der Waals surface area contributed by atoms with E-state index in [1.807, 2.05) is 43.3 Å². The summed E-state index contributed by atoms with van der Waals surface area (Å²) in [4.78, 5) is 18.6. The molecule has 1 aromatic heterocycles. The van der Waals surface area contributed by atoms with Crippen molar-refractivity contribution in [1.29, 1.82) is 0 Å². The zero-order valence-electron chi connectivity index (χ0n) is 13.6. The van der Waals surface area contributed by atoms with Crippen molar-refractivity contribution in [1.82, 2.24) is 10.1 Å². The number of halogens is 1. The number of hydrogen-bond donors (Lipinski definition) is 0. The van der Waals surface area contributed by atoms with Gasteiger partial charge in [0.25, 0.3) is 0 Å². The molecular weight excluding hydrogens is 338 g/mol. The first-order valence-corrected chi connectivity index (χ1v) is 8.44. The molecule has 6 heteroatoms. The highest BCUT2D eigenvalue weighted by Gasteiger charge is 2.35. The smallest absolute Gasteiger partial charge is 0.232 e. The second kappa shape index (κ2) is 6.33. The van der Waals surface area contributed by atoms with Crippen LogP contribution in [0, 0.1) is 6.92 Å². The fourth-order valence-corrected chi connectivity index (χ4v) is 3.18. The summed E-state index contributed by atoms with van der Waals surface area (Å²) < 4.78 is 5.41. The average molecular weight is 354 g/mol. The maximum absolute atomic E-state index is 12.4. The Morgan fingerprint density at radius 2 is 2.00 bits per heavy atom. The topological polar surface area (TPSA) is 59.2 Å². The van der Waals surface area contributed by atoms with E-state index in [1.54, 1.807) is 17.0 Å². The molecule has 126 valence electrons. The molecular formula is C19H16ClN3O2. The summed E-state index contributed by atoms with van der Waals surface area (Å²) in [5.74, 6) is 0.933. The second-order valence-corrected chi connectivity index (χ2v) is 6.64. The summed E-state index contributed by atoms with van der Waals surface area (Å²) in [7, 11) is 0. The lowest BCUT2D eigenvalue weighted by atomic mass is 10.1. The van der Waals surface area contributed by atoms with Crippen LogP contribution in [0.15, 0.2) is 53.1 Å². The SMILES string of the molecule is Cc1ccc(N2C[C@@H](c3nc(-c4cccc(Cl)c4)no3)CC2=O)cc1. The van der Waals surface area contributed by atoms with E-state index in [1.165, 1.54) is 0 Å². The number of carbonyl (C=O) groups excluding carboxylic acids is 1. The van der Waals surface area contributed by atoms with Crippen LogP contribution < -0.4 is 4.90 Å². The van der Waals surface area contributed by atoms with Gasteiger partial charge in [-0.15, -0.1) is 0 Å². The molecule has 25 heavy (non-hydrogen) atoms. The van der Waals surface area contributed by atoms with Crippen molar-refractivity contribution in [2.24, 2.45) is 0 Å². The van der Waals surface area contributed by atoms with Gasteiger partial charge < -0.3 is 9.42 Å². The van der Waals surface area contributed by atoms with Crippen LogP contribution in [0.3, 0.4) is 0 Å². The first kappa shape index (κ1) is 15.8. The lowest BCUT2D eigenvalue weighted by Gasteiger charge is -2.16. The summed E-state index contributed by atoms with van der Waals surface area (Å²) in [5.41, 5.74) is 2.85. The molecule has 5 nitrogen and oxygen atoms in total. The van der Waals surface area contributed by atoms with Gasteiger partial charge in [0.2, 0.25) is 17.6 Å². The molecule has 2 heterocycles. The monoisotopic (exact) mass is 353 g/mol. The summed E-state index contributed by atoms with van der Waals surface area (Å²) >= 11 is 6.01. The Morgan fingerprint density at radius 3 is 2.76 bits per heavy atom. The predicted molar refractivity (Wildman–Crippen MR) is 95.6 cm³/mol. The molecule has 0 aliphatic carbocycles. The van der Waals surface area contributed by atoms with Crippen molar-refractivity contribution in [3.63, 3.8) is 0 Å². The Hall–Kier alpha value is -2.66. The number of anilines is 1. The van der Waals surface area contributed by atoms with Crippen molar-refractivity contribution in [3.8, 4) is 11.4 Å². The van der Waals surface area contributed by atoms with Gasteiger partial charge in [0, 0.05) is 29.2 Å². The average Bonchev–Trinajstić information content (AvgIpc) is 3.23. The minimum atomic E-state index is -0.103. The van der Waals surface area contributed by atoms with Crippen LogP contribution in [0.2, 0.25) is 5.02 Å². The van der Waals surface area contributed by atoms with E-state index >= 15 is 0 Å². The highest BCUT2D eigenvalue weighted by Crippen LogP contribution is 2.32. The highest BCUT2D eigenvalue weighted by atomic mass is 35.5. The molecule has 1 fully saturated rings. The quantitative estimate of drug-likeness (QED) is 0.707. The molecule has 0 saturated carbocycles. The molecule has 0 spiro atoms. The summed E-state index contributed by atoms with van der Waals surface area (Å²) in [6.45, 7) is 2.56. The molecule has 1 aliphatic heterocycles. The molecule has 0 bridgehead atoms. The van der Waals surface area contributed by atoms with Crippen molar-refractivity contribution in [2.45, 2.75) is 19.3 Å². The molecule has 0 radical (unpaired) electrons. The van der Waals surface area contributed by atoms with Crippen LogP contribution >= 0.6 is 11.6 Å². The second-order valence-electron chi connectivity index (χ2n) is 6.21. The minimum Gasteiger partial charge on any atom is -0.339 e. The van der Waals surface area contributed by atoms with Crippen molar-refractivity contribution < 1.29 is 9.32 Å². The third kappa shape index (κ3) is 3.15. The highest BCUT2D eigenvalue weighted by molar-refractivity contribution is 6.30. The number of nitrogens with zero attached hydrogens (tertiary/aromatic N) is 3. The number of aromatic nitrogens is 2. The Bertz CT molecular complexity index is 920. The third-order valence-electron chi connectivity index (χ3n) is 4.34. The van der Waals surface area contributed by atoms with Crippen molar-refractivity contribution in [3.05, 3.63) is 65.0 Å². The van der Waals surface area contributed by atoms with Crippen molar-refractivity contribution in [2.75, 3.05) is 11.4 Å². The van der Waals surface area contributed by atoms with Gasteiger partial charge in [0.1, 0.15) is 0 Å². The summed E-state index contributed by atoms with van der Waals surface area (Å²) in [5, 5.41) is 4.65. The molecule has 1 aliphatic rings. The van der Waals surface area contributed by atoms with E-state index < -0.39 is 0 Å². The Labute approximate surface area is 150 Å². The number of hydrogen-bond acceptors (Lipinski definition) is 4. The van der Waals surface area contributed by atoms with E-state index in [0.717, 1.165) is 16.8 Å². The zero-order valence-corrected chi connectivity index (χ0v) is 14.4. The van der Waals surface area contributed by atoms with Gasteiger partial charge in [0.15, 0.2) is 0 Å². The fraction of sp³-hybridized carbons (Fsp3) is 0.211. The first-order valence-electron chi connectivity index (χ1n) is 8.07. The number of benzene rings is 2. The number of aryl methyl sites for hydroxylation is 1. The summed E-state index contributed by atoms with van der Waals surface area (Å²) in [6, 6.07) is 15.2. The van der Waals surface area contributed by atoms with E-state index in [2.05, 4.69) is 10.1 Å². The van der Waals surface area contributed by atoms with Crippen LogP contribution in [-0.4, -0.2) is 22.6 Å². The molecule has 2 aromatic carbocycles. The molecule has 0 N–H and O–H groups in total. The van der Waals surface area contributed by atoms with Crippen LogP contribution in [-0.2, 0) is 4.79 Å². The molecule has 0 unspecified atom stereocenters. The number of rotatable bonds is 3.